The number of benzene rings is 2. The van der Waals surface area contributed by atoms with Crippen molar-refractivity contribution < 1.29 is 42.7 Å². The number of unbranched alkanes of at least 4 members (excludes halogenated alkanes) is 7. The van der Waals surface area contributed by atoms with Crippen LogP contribution in [0.4, 0.5) is 0 Å². The molecule has 1 N–H and O–H groups in total. The summed E-state index contributed by atoms with van der Waals surface area (Å²) in [6.07, 6.45) is 14.4. The lowest BCUT2D eigenvalue weighted by Crippen LogP contribution is -2.63. The van der Waals surface area contributed by atoms with Gasteiger partial charge in [-0.05, 0) is 106 Å². The maximum absolute atomic E-state index is 14.0. The van der Waals surface area contributed by atoms with Crippen molar-refractivity contribution in [3.05, 3.63) is 59.7 Å². The van der Waals surface area contributed by atoms with Crippen LogP contribution in [0.1, 0.15) is 176 Å². The molecule has 2 aromatic rings. The van der Waals surface area contributed by atoms with E-state index in [2.05, 4.69) is 102 Å². The van der Waals surface area contributed by atoms with E-state index in [4.69, 9.17) is 37.9 Å². The standard InChI is InChI=1S/C56H93NO9/c1-10-16-21-25-43-28-32-45(33-29-43)46-34-30-44(31-35-46)26-22-23-27-49(58)57-47(51-50(42(7)24-15-6)65-56(8,9)66-51)40-63-55-54(62-39-20-14-5)53(61-38-19-13-4)52(60-37-18-12-3)48(64-55)41-59-36-17-11-2/h28-35,42,47-48,50-55H,10-27,36-41H2,1-9H3,(H,57,58)/t42?,47-,48?,50+,51-,52?,53?,54?,55?/m0/s1. The molecule has 0 aromatic heterocycles. The quantitative estimate of drug-likeness (QED) is 0.0677. The Bertz CT molecular complexity index is 1550. The van der Waals surface area contributed by atoms with E-state index < -0.39 is 42.5 Å². The third-order valence-electron chi connectivity index (χ3n) is 13.0. The van der Waals surface area contributed by atoms with E-state index in [9.17, 15) is 4.79 Å². The first kappa shape index (κ1) is 56.2. The van der Waals surface area contributed by atoms with Crippen LogP contribution < -0.4 is 5.32 Å². The molecule has 2 heterocycles. The SMILES string of the molecule is CCCCCc1ccc(-c2ccc(CCCCC(=O)N[C@@H](COC3OC(COCCCC)C(OCCCC)C(OCCCC)C3OCCCC)[C@@H]3OC(C)(C)O[C@@H]3C(C)CCC)cc2)cc1. The minimum Gasteiger partial charge on any atom is -0.379 e. The van der Waals surface area contributed by atoms with Gasteiger partial charge >= 0.3 is 0 Å². The highest BCUT2D eigenvalue weighted by molar-refractivity contribution is 5.76. The molecule has 4 rings (SSSR count). The summed E-state index contributed by atoms with van der Waals surface area (Å²) < 4.78 is 53.3. The third kappa shape index (κ3) is 19.2. The van der Waals surface area contributed by atoms with Crippen LogP contribution in [-0.4, -0.2) is 100 Å². The van der Waals surface area contributed by atoms with Gasteiger partial charge in [0, 0.05) is 32.8 Å². The second kappa shape index (κ2) is 31.7. The molecule has 2 fully saturated rings. The normalized spacial score (nSPS) is 23.8. The molecule has 0 saturated carbocycles. The predicted molar refractivity (Wildman–Crippen MR) is 267 cm³/mol. The van der Waals surface area contributed by atoms with Gasteiger partial charge in [-0.25, -0.2) is 0 Å². The molecule has 10 heteroatoms. The summed E-state index contributed by atoms with van der Waals surface area (Å²) >= 11 is 0. The van der Waals surface area contributed by atoms with Gasteiger partial charge in [-0.15, -0.1) is 0 Å². The van der Waals surface area contributed by atoms with E-state index in [1.54, 1.807) is 0 Å². The molecular formula is C56H93NO9. The van der Waals surface area contributed by atoms with Crippen LogP contribution in [0, 0.1) is 5.92 Å². The van der Waals surface area contributed by atoms with Gasteiger partial charge in [-0.3, -0.25) is 4.79 Å². The van der Waals surface area contributed by atoms with Gasteiger partial charge in [0.1, 0.15) is 30.5 Å². The van der Waals surface area contributed by atoms with Crippen LogP contribution in [0.25, 0.3) is 11.1 Å². The van der Waals surface area contributed by atoms with Crippen LogP contribution in [0.3, 0.4) is 0 Å². The molecule has 0 bridgehead atoms. The summed E-state index contributed by atoms with van der Waals surface area (Å²) in [6, 6.07) is 17.4. The van der Waals surface area contributed by atoms with Gasteiger partial charge in [-0.1, -0.05) is 142 Å². The number of nitrogens with one attached hydrogen (secondary N) is 1. The van der Waals surface area contributed by atoms with E-state index in [1.165, 1.54) is 41.5 Å². The molecule has 2 aliphatic rings. The van der Waals surface area contributed by atoms with Gasteiger partial charge in [0.15, 0.2) is 12.1 Å². The second-order valence-corrected chi connectivity index (χ2v) is 19.4. The largest absolute Gasteiger partial charge is 0.379 e. The Labute approximate surface area is 401 Å². The number of hydrogen-bond acceptors (Lipinski definition) is 9. The van der Waals surface area contributed by atoms with Crippen LogP contribution in [0.15, 0.2) is 48.5 Å². The Hall–Kier alpha value is -2.41. The number of carbonyl (C=O) groups excluding carboxylic acids is 1. The number of amides is 1. The fourth-order valence-electron chi connectivity index (χ4n) is 9.06. The molecule has 6 unspecified atom stereocenters. The zero-order valence-electron chi connectivity index (χ0n) is 43.0. The average Bonchev–Trinajstić information content (AvgIpc) is 3.65. The van der Waals surface area contributed by atoms with Crippen molar-refractivity contribution in [2.24, 2.45) is 5.92 Å². The van der Waals surface area contributed by atoms with Crippen molar-refractivity contribution in [2.75, 3.05) is 39.6 Å². The minimum absolute atomic E-state index is 0.0278. The Morgan fingerprint density at radius 1 is 0.606 bits per heavy atom. The fraction of sp³-hybridized carbons (Fsp3) is 0.768. The molecule has 0 radical (unpaired) electrons. The van der Waals surface area contributed by atoms with Crippen molar-refractivity contribution in [2.45, 2.75) is 233 Å². The highest BCUT2D eigenvalue weighted by Gasteiger charge is 2.51. The van der Waals surface area contributed by atoms with Crippen LogP contribution in [0.5, 0.6) is 0 Å². The summed E-state index contributed by atoms with van der Waals surface area (Å²) in [5, 5.41) is 3.38. The Kier molecular flexibility index (Phi) is 27.0. The first-order valence-corrected chi connectivity index (χ1v) is 26.6. The number of ether oxygens (including phenoxy) is 8. The summed E-state index contributed by atoms with van der Waals surface area (Å²) in [4.78, 5) is 14.0. The molecule has 2 saturated heterocycles. The maximum atomic E-state index is 14.0. The number of hydrogen-bond donors (Lipinski definition) is 1. The van der Waals surface area contributed by atoms with Crippen molar-refractivity contribution >= 4 is 5.91 Å². The molecule has 9 atom stereocenters. The molecule has 0 aliphatic carbocycles. The first-order chi connectivity index (χ1) is 32.1. The number of rotatable bonds is 35. The van der Waals surface area contributed by atoms with E-state index in [1.807, 2.05) is 13.8 Å². The summed E-state index contributed by atoms with van der Waals surface area (Å²) in [5.41, 5.74) is 5.16. The maximum Gasteiger partial charge on any atom is 0.220 e. The van der Waals surface area contributed by atoms with Crippen molar-refractivity contribution in [3.63, 3.8) is 0 Å². The van der Waals surface area contributed by atoms with E-state index >= 15 is 0 Å². The van der Waals surface area contributed by atoms with Gasteiger partial charge in [0.25, 0.3) is 0 Å². The molecule has 2 aromatic carbocycles. The van der Waals surface area contributed by atoms with Gasteiger partial charge < -0.3 is 43.2 Å². The van der Waals surface area contributed by atoms with Gasteiger partial charge in [0.2, 0.25) is 5.91 Å². The Balaban J connectivity index is 1.49. The lowest BCUT2D eigenvalue weighted by molar-refractivity contribution is -0.325. The molecule has 0 spiro atoms. The average molecular weight is 924 g/mol. The van der Waals surface area contributed by atoms with Crippen molar-refractivity contribution in [3.8, 4) is 11.1 Å². The summed E-state index contributed by atoms with van der Waals surface area (Å²) in [6.45, 7) is 22.1. The molecule has 376 valence electrons. The smallest absolute Gasteiger partial charge is 0.220 e. The summed E-state index contributed by atoms with van der Waals surface area (Å²) in [7, 11) is 0. The van der Waals surface area contributed by atoms with E-state index in [-0.39, 0.29) is 30.6 Å². The molecule has 2 aliphatic heterocycles. The van der Waals surface area contributed by atoms with Crippen molar-refractivity contribution in [1.29, 1.82) is 0 Å². The third-order valence-corrected chi connectivity index (χ3v) is 13.0. The van der Waals surface area contributed by atoms with Gasteiger partial charge in [0.05, 0.1) is 25.4 Å². The minimum atomic E-state index is -0.817. The molecule has 1 amide bonds. The molecule has 10 nitrogen and oxygen atoms in total. The Morgan fingerprint density at radius 3 is 1.68 bits per heavy atom. The lowest BCUT2D eigenvalue weighted by atomic mass is 9.91. The van der Waals surface area contributed by atoms with E-state index in [0.29, 0.717) is 39.5 Å². The Morgan fingerprint density at radius 2 is 1.12 bits per heavy atom. The highest BCUT2D eigenvalue weighted by atomic mass is 16.8. The van der Waals surface area contributed by atoms with E-state index in [0.717, 1.165) is 89.9 Å². The highest BCUT2D eigenvalue weighted by Crippen LogP contribution is 2.37. The number of aryl methyl sites for hydroxylation is 2. The zero-order valence-corrected chi connectivity index (χ0v) is 43.0. The van der Waals surface area contributed by atoms with Crippen molar-refractivity contribution in [1.82, 2.24) is 5.32 Å². The topological polar surface area (TPSA) is 103 Å². The number of carbonyl (C=O) groups is 1. The molecular weight excluding hydrogens is 831 g/mol. The van der Waals surface area contributed by atoms with Crippen LogP contribution >= 0.6 is 0 Å². The van der Waals surface area contributed by atoms with Crippen LogP contribution in [-0.2, 0) is 55.5 Å². The van der Waals surface area contributed by atoms with Gasteiger partial charge in [-0.2, -0.15) is 0 Å². The fourth-order valence-corrected chi connectivity index (χ4v) is 9.06. The first-order valence-electron chi connectivity index (χ1n) is 26.6. The summed E-state index contributed by atoms with van der Waals surface area (Å²) in [5.74, 6) is -0.636. The predicted octanol–water partition coefficient (Wildman–Crippen LogP) is 12.4. The van der Waals surface area contributed by atoms with Crippen LogP contribution in [0.2, 0.25) is 0 Å². The monoisotopic (exact) mass is 924 g/mol. The lowest BCUT2D eigenvalue weighted by Gasteiger charge is -2.46. The zero-order chi connectivity index (χ0) is 47.6. The molecule has 66 heavy (non-hydrogen) atoms. The second-order valence-electron chi connectivity index (χ2n) is 19.4.